The van der Waals surface area contributed by atoms with Gasteiger partial charge in [0.1, 0.15) is 0 Å². The number of alkyl halides is 2. The minimum absolute atomic E-state index is 0.287. The van der Waals surface area contributed by atoms with E-state index in [-0.39, 0.29) is 12.2 Å². The average molecular weight is 183 g/mol. The molecule has 1 unspecified atom stereocenters. The van der Waals surface area contributed by atoms with Crippen LogP contribution in [0.1, 0.15) is 13.3 Å². The van der Waals surface area contributed by atoms with Crippen LogP contribution in [0.3, 0.4) is 0 Å². The summed E-state index contributed by atoms with van der Waals surface area (Å²) in [4.78, 5) is 10.1. The first-order valence-electron chi connectivity index (χ1n) is 2.39. The van der Waals surface area contributed by atoms with Gasteiger partial charge in [-0.15, -0.1) is 0 Å². The molecule has 0 radical (unpaired) electrons. The van der Waals surface area contributed by atoms with Gasteiger partial charge in [0.2, 0.25) is 0 Å². The van der Waals surface area contributed by atoms with Crippen molar-refractivity contribution < 1.29 is 9.18 Å². The molecule has 0 aliphatic heterocycles. The van der Waals surface area contributed by atoms with Crippen LogP contribution in [-0.2, 0) is 4.79 Å². The predicted molar refractivity (Wildman–Crippen MR) is 34.0 cm³/mol. The van der Waals surface area contributed by atoms with Gasteiger partial charge in [-0.2, -0.15) is 0 Å². The molecule has 1 atom stereocenters. The molecule has 3 heteroatoms. The Morgan fingerprint density at radius 2 is 2.38 bits per heavy atom. The van der Waals surface area contributed by atoms with Gasteiger partial charge in [-0.25, -0.2) is 4.39 Å². The first kappa shape index (κ1) is 8.08. The molecule has 0 aromatic carbocycles. The van der Waals surface area contributed by atoms with E-state index in [4.69, 9.17) is 0 Å². The van der Waals surface area contributed by atoms with Gasteiger partial charge < -0.3 is 0 Å². The number of Topliss-reactive ketones (excluding diaryl/α,β-unsaturated/α-hetero) is 1. The maximum atomic E-state index is 12.1. The topological polar surface area (TPSA) is 17.1 Å². The van der Waals surface area contributed by atoms with Crippen LogP contribution >= 0.6 is 15.9 Å². The zero-order chi connectivity index (χ0) is 6.57. The molecule has 1 nitrogen and oxygen atoms in total. The van der Waals surface area contributed by atoms with E-state index in [0.29, 0.717) is 5.33 Å². The van der Waals surface area contributed by atoms with Crippen LogP contribution in [0.25, 0.3) is 0 Å². The Hall–Kier alpha value is 0.0800. The Morgan fingerprint density at radius 3 is 2.50 bits per heavy atom. The fourth-order valence-electron chi connectivity index (χ4n) is 0.299. The molecular weight excluding hydrogens is 175 g/mol. The third-order valence-corrected chi connectivity index (χ3v) is 1.26. The van der Waals surface area contributed by atoms with E-state index in [1.54, 1.807) is 0 Å². The Balaban J connectivity index is 3.32. The van der Waals surface area contributed by atoms with Crippen LogP contribution < -0.4 is 0 Å². The van der Waals surface area contributed by atoms with Crippen LogP contribution in [0.15, 0.2) is 0 Å². The first-order chi connectivity index (χ1) is 3.68. The summed E-state index contributed by atoms with van der Waals surface area (Å²) in [6.45, 7) is 1.26. The second-order valence-corrected chi connectivity index (χ2v) is 2.35. The van der Waals surface area contributed by atoms with Gasteiger partial charge in [0.05, 0.1) is 0 Å². The van der Waals surface area contributed by atoms with Crippen molar-refractivity contribution in [2.45, 2.75) is 19.5 Å². The molecule has 8 heavy (non-hydrogen) atoms. The molecule has 0 aromatic rings. The van der Waals surface area contributed by atoms with Crippen molar-refractivity contribution >= 4 is 21.7 Å². The van der Waals surface area contributed by atoms with E-state index < -0.39 is 6.17 Å². The van der Waals surface area contributed by atoms with Gasteiger partial charge in [0, 0.05) is 5.33 Å². The van der Waals surface area contributed by atoms with Crippen LogP contribution in [0.4, 0.5) is 4.39 Å². The van der Waals surface area contributed by atoms with Gasteiger partial charge in [0.25, 0.3) is 0 Å². The van der Waals surface area contributed by atoms with Gasteiger partial charge in [0.15, 0.2) is 12.0 Å². The lowest BCUT2D eigenvalue weighted by molar-refractivity contribution is -0.121. The molecule has 0 aromatic heterocycles. The summed E-state index contributed by atoms with van der Waals surface area (Å²) in [7, 11) is 0. The van der Waals surface area contributed by atoms with Crippen molar-refractivity contribution in [3.05, 3.63) is 0 Å². The molecule has 48 valence electrons. The summed E-state index contributed by atoms with van der Waals surface area (Å²) in [6, 6.07) is 0. The molecule has 0 bridgehead atoms. The minimum Gasteiger partial charge on any atom is -0.297 e. The van der Waals surface area contributed by atoms with Crippen LogP contribution in [0.2, 0.25) is 0 Å². The predicted octanol–water partition coefficient (Wildman–Crippen LogP) is 1.70. The Kier molecular flexibility index (Phi) is 4.05. The second kappa shape index (κ2) is 4.01. The lowest BCUT2D eigenvalue weighted by Crippen LogP contribution is -2.11. The molecule has 0 fully saturated rings. The quantitative estimate of drug-likeness (QED) is 0.608. The summed E-state index contributed by atoms with van der Waals surface area (Å²) in [5, 5.41) is 0.549. The Labute approximate surface area is 56.4 Å². The maximum Gasteiger partial charge on any atom is 0.163 e. The molecule has 0 spiro atoms. The van der Waals surface area contributed by atoms with E-state index >= 15 is 0 Å². The molecular formula is C5H8BrFO. The Bertz CT molecular complexity index is 84.5. The minimum atomic E-state index is -1.27. The van der Waals surface area contributed by atoms with Gasteiger partial charge >= 0.3 is 0 Å². The molecule has 0 amide bonds. The number of carbonyl (C=O) groups excluding carboxylic acids is 1. The van der Waals surface area contributed by atoms with E-state index in [1.165, 1.54) is 6.92 Å². The van der Waals surface area contributed by atoms with E-state index in [9.17, 15) is 9.18 Å². The molecule has 0 heterocycles. The van der Waals surface area contributed by atoms with Crippen LogP contribution in [0, 0.1) is 0 Å². The molecule has 0 saturated carbocycles. The molecule has 0 aliphatic carbocycles. The number of ketones is 1. The Morgan fingerprint density at radius 1 is 1.88 bits per heavy atom. The van der Waals surface area contributed by atoms with Gasteiger partial charge in [-0.05, 0) is 13.3 Å². The van der Waals surface area contributed by atoms with Crippen molar-refractivity contribution in [2.24, 2.45) is 0 Å². The highest BCUT2D eigenvalue weighted by Crippen LogP contribution is 2.00. The second-order valence-electron chi connectivity index (χ2n) is 1.56. The number of halogens is 2. The fraction of sp³-hybridized carbons (Fsp3) is 0.800. The van der Waals surface area contributed by atoms with Crippen molar-refractivity contribution in [3.8, 4) is 0 Å². The van der Waals surface area contributed by atoms with Crippen LogP contribution in [-0.4, -0.2) is 17.3 Å². The zero-order valence-electron chi connectivity index (χ0n) is 4.66. The SMILES string of the molecule is CC(=O)C(F)CCBr. The number of rotatable bonds is 3. The smallest absolute Gasteiger partial charge is 0.163 e. The van der Waals surface area contributed by atoms with E-state index in [1.807, 2.05) is 0 Å². The fourth-order valence-corrected chi connectivity index (χ4v) is 0.701. The summed E-state index contributed by atoms with van der Waals surface area (Å²) in [6.07, 6.45) is -0.982. The summed E-state index contributed by atoms with van der Waals surface area (Å²) < 4.78 is 12.1. The van der Waals surface area contributed by atoms with Crippen molar-refractivity contribution in [1.29, 1.82) is 0 Å². The van der Waals surface area contributed by atoms with E-state index in [2.05, 4.69) is 15.9 Å². The van der Waals surface area contributed by atoms with Gasteiger partial charge in [-0.3, -0.25) is 4.79 Å². The third-order valence-electron chi connectivity index (χ3n) is 0.804. The maximum absolute atomic E-state index is 12.1. The first-order valence-corrected chi connectivity index (χ1v) is 3.51. The summed E-state index contributed by atoms with van der Waals surface area (Å²) in [5.41, 5.74) is 0. The lowest BCUT2D eigenvalue weighted by atomic mass is 10.2. The third kappa shape index (κ3) is 3.13. The summed E-state index contributed by atoms with van der Waals surface area (Å²) in [5.74, 6) is -0.385. The molecule has 0 aliphatic rings. The van der Waals surface area contributed by atoms with Gasteiger partial charge in [-0.1, -0.05) is 15.9 Å². The molecule has 0 rings (SSSR count). The number of carbonyl (C=O) groups is 1. The average Bonchev–Trinajstić information content (AvgIpc) is 1.67. The molecule has 0 saturated heterocycles. The van der Waals surface area contributed by atoms with E-state index in [0.717, 1.165) is 0 Å². The summed E-state index contributed by atoms with van der Waals surface area (Å²) >= 11 is 3.03. The largest absolute Gasteiger partial charge is 0.297 e. The van der Waals surface area contributed by atoms with Crippen LogP contribution in [0.5, 0.6) is 0 Å². The van der Waals surface area contributed by atoms with Crippen molar-refractivity contribution in [3.63, 3.8) is 0 Å². The molecule has 0 N–H and O–H groups in total. The van der Waals surface area contributed by atoms with Crippen molar-refractivity contribution in [1.82, 2.24) is 0 Å². The lowest BCUT2D eigenvalue weighted by Gasteiger charge is -1.97. The number of hydrogen-bond acceptors (Lipinski definition) is 1. The monoisotopic (exact) mass is 182 g/mol. The highest BCUT2D eigenvalue weighted by molar-refractivity contribution is 9.09. The zero-order valence-corrected chi connectivity index (χ0v) is 6.24. The normalized spacial score (nSPS) is 13.4. The standard InChI is InChI=1S/C5H8BrFO/c1-4(8)5(7)2-3-6/h5H,2-3H2,1H3. The highest BCUT2D eigenvalue weighted by atomic mass is 79.9. The highest BCUT2D eigenvalue weighted by Gasteiger charge is 2.09. The van der Waals surface area contributed by atoms with Crippen molar-refractivity contribution in [2.75, 3.05) is 5.33 Å². The number of hydrogen-bond donors (Lipinski definition) is 0.